The van der Waals surface area contributed by atoms with E-state index in [1.54, 1.807) is 6.20 Å². The number of nitrogens with zero attached hydrogens (tertiary/aromatic N) is 1. The summed E-state index contributed by atoms with van der Waals surface area (Å²) in [6, 6.07) is 9.45. The first-order valence-corrected chi connectivity index (χ1v) is 7.05. The molecule has 0 fully saturated rings. The smallest absolute Gasteiger partial charge is 0.0709 e. The van der Waals surface area contributed by atoms with Gasteiger partial charge in [-0.2, -0.15) is 0 Å². The molecule has 1 unspecified atom stereocenters. The molecule has 0 aliphatic carbocycles. The van der Waals surface area contributed by atoms with Gasteiger partial charge in [-0.3, -0.25) is 9.19 Å². The summed E-state index contributed by atoms with van der Waals surface area (Å²) in [5.41, 5.74) is 9.47. The maximum absolute atomic E-state index is 12.3. The van der Waals surface area contributed by atoms with Gasteiger partial charge in [-0.25, -0.2) is 0 Å². The molecule has 2 aromatic rings. The van der Waals surface area contributed by atoms with Gasteiger partial charge in [-0.15, -0.1) is 0 Å². The lowest BCUT2D eigenvalue weighted by Crippen LogP contribution is -2.03. The van der Waals surface area contributed by atoms with Gasteiger partial charge in [-0.1, -0.05) is 12.1 Å². The van der Waals surface area contributed by atoms with Crippen molar-refractivity contribution in [1.29, 1.82) is 0 Å². The molecule has 3 nitrogen and oxygen atoms in total. The highest BCUT2D eigenvalue weighted by Gasteiger charge is 2.11. The normalized spacial score (nSPS) is 12.3. The second kappa shape index (κ2) is 5.31. The second-order valence-corrected chi connectivity index (χ2v) is 5.72. The van der Waals surface area contributed by atoms with Crippen LogP contribution in [0.2, 0.25) is 0 Å². The third-order valence-electron chi connectivity index (χ3n) is 2.80. The summed E-state index contributed by atoms with van der Waals surface area (Å²) >= 11 is 0. The van der Waals surface area contributed by atoms with Crippen molar-refractivity contribution in [1.82, 2.24) is 4.98 Å². The Morgan fingerprint density at radius 3 is 2.72 bits per heavy atom. The number of pyridine rings is 1. The van der Waals surface area contributed by atoms with E-state index in [2.05, 4.69) is 4.98 Å². The molecule has 0 amide bonds. The maximum atomic E-state index is 12.3. The van der Waals surface area contributed by atoms with Crippen LogP contribution < -0.4 is 5.73 Å². The minimum absolute atomic E-state index is 0.403. The van der Waals surface area contributed by atoms with Crippen LogP contribution in [0.5, 0.6) is 0 Å². The predicted molar refractivity (Wildman–Crippen MR) is 74.7 cm³/mol. The van der Waals surface area contributed by atoms with Crippen molar-refractivity contribution in [3.8, 4) is 0 Å². The van der Waals surface area contributed by atoms with E-state index >= 15 is 0 Å². The van der Waals surface area contributed by atoms with E-state index < -0.39 is 10.8 Å². The summed E-state index contributed by atoms with van der Waals surface area (Å²) in [5, 5.41) is 0. The SMILES string of the molecule is Cc1ccc(S(=O)Cc2ncccc2C)c(N)c1. The summed E-state index contributed by atoms with van der Waals surface area (Å²) in [6.07, 6.45) is 1.72. The second-order valence-electron chi connectivity index (χ2n) is 4.30. The molecule has 1 aromatic carbocycles. The molecule has 0 radical (unpaired) electrons. The van der Waals surface area contributed by atoms with Gasteiger partial charge in [0.05, 0.1) is 27.1 Å². The van der Waals surface area contributed by atoms with Gasteiger partial charge in [-0.05, 0) is 43.2 Å². The molecule has 2 rings (SSSR count). The minimum atomic E-state index is -1.15. The van der Waals surface area contributed by atoms with E-state index in [-0.39, 0.29) is 0 Å². The van der Waals surface area contributed by atoms with Crippen LogP contribution in [0.25, 0.3) is 0 Å². The lowest BCUT2D eigenvalue weighted by Gasteiger charge is -2.08. The van der Waals surface area contributed by atoms with Gasteiger partial charge in [0.2, 0.25) is 0 Å². The van der Waals surface area contributed by atoms with E-state index in [0.29, 0.717) is 16.3 Å². The van der Waals surface area contributed by atoms with Crippen LogP contribution >= 0.6 is 0 Å². The van der Waals surface area contributed by atoms with E-state index in [0.717, 1.165) is 16.8 Å². The molecule has 0 spiro atoms. The third kappa shape index (κ3) is 2.76. The van der Waals surface area contributed by atoms with Crippen molar-refractivity contribution in [2.75, 3.05) is 5.73 Å². The molecule has 0 saturated carbocycles. The Morgan fingerprint density at radius 2 is 2.06 bits per heavy atom. The topological polar surface area (TPSA) is 56.0 Å². The summed E-state index contributed by atoms with van der Waals surface area (Å²) in [5.74, 6) is 0.403. The Hall–Kier alpha value is -1.68. The summed E-state index contributed by atoms with van der Waals surface area (Å²) < 4.78 is 12.3. The minimum Gasteiger partial charge on any atom is -0.398 e. The lowest BCUT2D eigenvalue weighted by atomic mass is 10.2. The summed E-state index contributed by atoms with van der Waals surface area (Å²) in [7, 11) is -1.15. The van der Waals surface area contributed by atoms with Crippen molar-refractivity contribution in [3.63, 3.8) is 0 Å². The van der Waals surface area contributed by atoms with Gasteiger partial charge < -0.3 is 5.73 Å². The molecular formula is C14H16N2OS. The van der Waals surface area contributed by atoms with E-state index in [4.69, 9.17) is 5.73 Å². The van der Waals surface area contributed by atoms with Crippen LogP contribution in [-0.2, 0) is 16.6 Å². The molecule has 0 bridgehead atoms. The fraction of sp³-hybridized carbons (Fsp3) is 0.214. The largest absolute Gasteiger partial charge is 0.398 e. The average molecular weight is 260 g/mol. The molecule has 0 aliphatic rings. The molecule has 1 atom stereocenters. The number of benzene rings is 1. The first kappa shape index (κ1) is 12.8. The fourth-order valence-electron chi connectivity index (χ4n) is 1.75. The Morgan fingerprint density at radius 1 is 1.28 bits per heavy atom. The van der Waals surface area contributed by atoms with Crippen molar-refractivity contribution < 1.29 is 4.21 Å². The van der Waals surface area contributed by atoms with Crippen LogP contribution in [0.15, 0.2) is 41.4 Å². The number of hydrogen-bond donors (Lipinski definition) is 1. The number of nitrogen functional groups attached to an aromatic ring is 1. The van der Waals surface area contributed by atoms with Gasteiger partial charge in [0.1, 0.15) is 0 Å². The standard InChI is InChI=1S/C14H16N2OS/c1-10-5-6-14(12(15)8-10)18(17)9-13-11(2)4-3-7-16-13/h3-8H,9,15H2,1-2H3. The molecule has 18 heavy (non-hydrogen) atoms. The van der Waals surface area contributed by atoms with Gasteiger partial charge >= 0.3 is 0 Å². The van der Waals surface area contributed by atoms with Crippen LogP contribution in [0, 0.1) is 13.8 Å². The zero-order valence-corrected chi connectivity index (χ0v) is 11.3. The van der Waals surface area contributed by atoms with E-state index in [1.807, 2.05) is 44.2 Å². The van der Waals surface area contributed by atoms with Crippen LogP contribution in [0.3, 0.4) is 0 Å². The highest BCUT2D eigenvalue weighted by Crippen LogP contribution is 2.20. The van der Waals surface area contributed by atoms with Gasteiger partial charge in [0, 0.05) is 11.9 Å². The fourth-order valence-corrected chi connectivity index (χ4v) is 2.99. The number of aromatic nitrogens is 1. The number of rotatable bonds is 3. The van der Waals surface area contributed by atoms with Crippen molar-refractivity contribution in [2.24, 2.45) is 0 Å². The summed E-state index contributed by atoms with van der Waals surface area (Å²) in [6.45, 7) is 3.93. The number of anilines is 1. The quantitative estimate of drug-likeness (QED) is 0.863. The molecule has 94 valence electrons. The molecular weight excluding hydrogens is 244 g/mol. The van der Waals surface area contributed by atoms with E-state index in [1.165, 1.54) is 0 Å². The van der Waals surface area contributed by atoms with Crippen molar-refractivity contribution in [3.05, 3.63) is 53.3 Å². The lowest BCUT2D eigenvalue weighted by molar-refractivity contribution is 0.682. The van der Waals surface area contributed by atoms with Crippen LogP contribution in [-0.4, -0.2) is 9.19 Å². The third-order valence-corrected chi connectivity index (χ3v) is 4.19. The monoisotopic (exact) mass is 260 g/mol. The van der Waals surface area contributed by atoms with E-state index in [9.17, 15) is 4.21 Å². The van der Waals surface area contributed by atoms with Crippen molar-refractivity contribution in [2.45, 2.75) is 24.5 Å². The first-order valence-electron chi connectivity index (χ1n) is 5.73. The van der Waals surface area contributed by atoms with Crippen LogP contribution in [0.4, 0.5) is 5.69 Å². The number of nitrogens with two attached hydrogens (primary N) is 1. The molecule has 0 saturated heterocycles. The molecule has 2 N–H and O–H groups in total. The maximum Gasteiger partial charge on any atom is 0.0709 e. The Bertz CT molecular complexity index is 596. The van der Waals surface area contributed by atoms with Gasteiger partial charge in [0.25, 0.3) is 0 Å². The zero-order valence-electron chi connectivity index (χ0n) is 10.5. The Balaban J connectivity index is 2.25. The predicted octanol–water partition coefficient (Wildman–Crippen LogP) is 2.59. The summed E-state index contributed by atoms with van der Waals surface area (Å²) in [4.78, 5) is 4.94. The number of hydrogen-bond acceptors (Lipinski definition) is 3. The first-order chi connectivity index (χ1) is 8.58. The number of aryl methyl sites for hydroxylation is 2. The average Bonchev–Trinajstić information content (AvgIpc) is 2.32. The molecule has 4 heteroatoms. The Kier molecular flexibility index (Phi) is 3.77. The van der Waals surface area contributed by atoms with Crippen molar-refractivity contribution >= 4 is 16.5 Å². The molecule has 0 aliphatic heterocycles. The zero-order chi connectivity index (χ0) is 13.1. The molecule has 1 heterocycles. The van der Waals surface area contributed by atoms with Gasteiger partial charge in [0.15, 0.2) is 0 Å². The highest BCUT2D eigenvalue weighted by atomic mass is 32.2. The Labute approximate surface area is 110 Å². The molecule has 1 aromatic heterocycles. The van der Waals surface area contributed by atoms with Crippen LogP contribution in [0.1, 0.15) is 16.8 Å². The highest BCUT2D eigenvalue weighted by molar-refractivity contribution is 7.84.